The molecular formula is C36H37N3O. The van der Waals surface area contributed by atoms with Crippen LogP contribution in [0.1, 0.15) is 42.1 Å². The number of rotatable bonds is 10. The number of amides is 1. The fourth-order valence-corrected chi connectivity index (χ4v) is 5.53. The fraction of sp³-hybridized carbons (Fsp3) is 0.222. The van der Waals surface area contributed by atoms with Gasteiger partial charge in [0.1, 0.15) is 0 Å². The maximum atomic E-state index is 13.7. The van der Waals surface area contributed by atoms with Gasteiger partial charge in [-0.15, -0.1) is 0 Å². The van der Waals surface area contributed by atoms with Gasteiger partial charge in [0.25, 0.3) is 0 Å². The van der Waals surface area contributed by atoms with Crippen molar-refractivity contribution in [2.45, 2.75) is 33.4 Å². The van der Waals surface area contributed by atoms with Crippen LogP contribution in [0.15, 0.2) is 115 Å². The van der Waals surface area contributed by atoms with Crippen LogP contribution in [0.3, 0.4) is 0 Å². The molecule has 202 valence electrons. The summed E-state index contributed by atoms with van der Waals surface area (Å²) in [5, 5.41) is 1.10. The predicted molar refractivity (Wildman–Crippen MR) is 165 cm³/mol. The average Bonchev–Trinajstić information content (AvgIpc) is 2.99. The number of benzene rings is 4. The van der Waals surface area contributed by atoms with Crippen LogP contribution in [0.2, 0.25) is 0 Å². The number of pyridine rings is 1. The SMILES string of the molecule is CCN(CC)C(=O)CN(Cc1ccccc1)C(c1ccccc1)c1cc2cccc(C)c2nc1-c1ccccc1. The van der Waals surface area contributed by atoms with Crippen LogP contribution in [-0.4, -0.2) is 40.3 Å². The van der Waals surface area contributed by atoms with Gasteiger partial charge in [-0.2, -0.15) is 0 Å². The smallest absolute Gasteiger partial charge is 0.236 e. The first-order valence-electron chi connectivity index (χ1n) is 14.2. The summed E-state index contributed by atoms with van der Waals surface area (Å²) >= 11 is 0. The van der Waals surface area contributed by atoms with Gasteiger partial charge in [0.15, 0.2) is 0 Å². The van der Waals surface area contributed by atoms with Gasteiger partial charge < -0.3 is 4.90 Å². The maximum Gasteiger partial charge on any atom is 0.236 e. The third kappa shape index (κ3) is 5.98. The van der Waals surface area contributed by atoms with Crippen molar-refractivity contribution in [3.63, 3.8) is 0 Å². The lowest BCUT2D eigenvalue weighted by Crippen LogP contribution is -2.42. The first-order chi connectivity index (χ1) is 19.6. The molecule has 1 atom stereocenters. The van der Waals surface area contributed by atoms with Crippen LogP contribution in [0.5, 0.6) is 0 Å². The lowest BCUT2D eigenvalue weighted by Gasteiger charge is -2.35. The van der Waals surface area contributed by atoms with Crippen molar-refractivity contribution in [2.75, 3.05) is 19.6 Å². The molecule has 0 aliphatic carbocycles. The molecule has 1 amide bonds. The van der Waals surface area contributed by atoms with Crippen molar-refractivity contribution >= 4 is 16.8 Å². The van der Waals surface area contributed by atoms with E-state index >= 15 is 0 Å². The van der Waals surface area contributed by atoms with Gasteiger partial charge in [-0.3, -0.25) is 9.69 Å². The Hall–Kier alpha value is -4.28. The minimum Gasteiger partial charge on any atom is -0.342 e. The molecule has 5 rings (SSSR count). The molecule has 0 fully saturated rings. The number of fused-ring (bicyclic) bond motifs is 1. The Labute approximate surface area is 237 Å². The highest BCUT2D eigenvalue weighted by Crippen LogP contribution is 2.38. The zero-order valence-electron chi connectivity index (χ0n) is 23.6. The van der Waals surface area contributed by atoms with Crippen molar-refractivity contribution in [1.29, 1.82) is 0 Å². The van der Waals surface area contributed by atoms with Gasteiger partial charge in [0, 0.05) is 36.1 Å². The van der Waals surface area contributed by atoms with E-state index < -0.39 is 0 Å². The second-order valence-corrected chi connectivity index (χ2v) is 10.2. The van der Waals surface area contributed by atoms with Crippen molar-refractivity contribution < 1.29 is 4.79 Å². The molecule has 4 nitrogen and oxygen atoms in total. The lowest BCUT2D eigenvalue weighted by atomic mass is 9.91. The summed E-state index contributed by atoms with van der Waals surface area (Å²) in [4.78, 5) is 23.2. The third-order valence-electron chi connectivity index (χ3n) is 7.58. The third-order valence-corrected chi connectivity index (χ3v) is 7.58. The highest BCUT2D eigenvalue weighted by Gasteiger charge is 2.29. The first kappa shape index (κ1) is 27.3. The van der Waals surface area contributed by atoms with Crippen LogP contribution in [-0.2, 0) is 11.3 Å². The number of aromatic nitrogens is 1. The van der Waals surface area contributed by atoms with Crippen molar-refractivity contribution in [2.24, 2.45) is 0 Å². The summed E-state index contributed by atoms with van der Waals surface area (Å²) in [5.74, 6) is 0.132. The predicted octanol–water partition coefficient (Wildman–Crippen LogP) is 7.67. The van der Waals surface area contributed by atoms with E-state index in [0.717, 1.165) is 38.9 Å². The summed E-state index contributed by atoms with van der Waals surface area (Å²) in [7, 11) is 0. The molecule has 0 saturated carbocycles. The number of nitrogens with zero attached hydrogens (tertiary/aromatic N) is 3. The number of hydrogen-bond acceptors (Lipinski definition) is 3. The molecule has 0 saturated heterocycles. The first-order valence-corrected chi connectivity index (χ1v) is 14.2. The van der Waals surface area contributed by atoms with Crippen LogP contribution >= 0.6 is 0 Å². The molecule has 0 bridgehead atoms. The molecule has 0 aliphatic rings. The number of carbonyl (C=O) groups is 1. The number of carbonyl (C=O) groups excluding carboxylic acids is 1. The van der Waals surface area contributed by atoms with E-state index in [9.17, 15) is 4.79 Å². The molecule has 0 N–H and O–H groups in total. The fourth-order valence-electron chi connectivity index (χ4n) is 5.53. The summed E-state index contributed by atoms with van der Waals surface area (Å²) in [6.07, 6.45) is 0. The van der Waals surface area contributed by atoms with Crippen LogP contribution in [0.25, 0.3) is 22.2 Å². The zero-order valence-corrected chi connectivity index (χ0v) is 23.6. The Bertz CT molecular complexity index is 1550. The number of hydrogen-bond donors (Lipinski definition) is 0. The van der Waals surface area contributed by atoms with Gasteiger partial charge in [-0.1, -0.05) is 109 Å². The van der Waals surface area contributed by atoms with E-state index in [0.29, 0.717) is 26.2 Å². The largest absolute Gasteiger partial charge is 0.342 e. The van der Waals surface area contributed by atoms with Crippen molar-refractivity contribution in [3.8, 4) is 11.3 Å². The van der Waals surface area contributed by atoms with Crippen LogP contribution in [0.4, 0.5) is 0 Å². The van der Waals surface area contributed by atoms with E-state index in [1.807, 2.05) is 36.9 Å². The summed E-state index contributed by atoms with van der Waals surface area (Å²) in [6.45, 7) is 8.52. The minimum absolute atomic E-state index is 0.132. The normalized spacial score (nSPS) is 12.0. The lowest BCUT2D eigenvalue weighted by molar-refractivity contribution is -0.132. The summed E-state index contributed by atoms with van der Waals surface area (Å²) in [6, 6.07) is 39.8. The second kappa shape index (κ2) is 12.7. The maximum absolute atomic E-state index is 13.7. The van der Waals surface area contributed by atoms with Gasteiger partial charge >= 0.3 is 0 Å². The van der Waals surface area contributed by atoms with Gasteiger partial charge in [0.05, 0.1) is 23.8 Å². The van der Waals surface area contributed by atoms with E-state index in [1.165, 1.54) is 5.56 Å². The molecule has 0 aliphatic heterocycles. The molecular weight excluding hydrogens is 490 g/mol. The molecule has 1 unspecified atom stereocenters. The van der Waals surface area contributed by atoms with Crippen molar-refractivity contribution in [3.05, 3.63) is 138 Å². The molecule has 0 radical (unpaired) electrons. The van der Waals surface area contributed by atoms with E-state index in [-0.39, 0.29) is 11.9 Å². The van der Waals surface area contributed by atoms with Gasteiger partial charge in [-0.25, -0.2) is 4.98 Å². The Morgan fingerprint density at radius 1 is 0.775 bits per heavy atom. The number of aryl methyl sites for hydroxylation is 1. The van der Waals surface area contributed by atoms with Crippen molar-refractivity contribution in [1.82, 2.24) is 14.8 Å². The molecule has 1 heterocycles. The van der Waals surface area contributed by atoms with E-state index in [2.05, 4.69) is 109 Å². The molecule has 5 aromatic rings. The topological polar surface area (TPSA) is 36.4 Å². The standard InChI is InChI=1S/C36H37N3O/c1-4-38(5-2)33(40)26-39(25-28-17-9-6-10-18-28)36(30-21-13-8-14-22-30)32-24-31-23-15-16-27(3)34(31)37-35(32)29-19-11-7-12-20-29/h6-24,36H,4-5,25-26H2,1-3H3. The summed E-state index contributed by atoms with van der Waals surface area (Å²) < 4.78 is 0. The Morgan fingerprint density at radius 2 is 1.40 bits per heavy atom. The zero-order chi connectivity index (χ0) is 27.9. The Balaban J connectivity index is 1.75. The number of likely N-dealkylation sites (N-methyl/N-ethyl adjacent to an activating group) is 1. The average molecular weight is 528 g/mol. The summed E-state index contributed by atoms with van der Waals surface area (Å²) in [5.41, 5.74) is 7.57. The highest BCUT2D eigenvalue weighted by atomic mass is 16.2. The molecule has 1 aromatic heterocycles. The molecule has 0 spiro atoms. The molecule has 40 heavy (non-hydrogen) atoms. The monoisotopic (exact) mass is 527 g/mol. The highest BCUT2D eigenvalue weighted by molar-refractivity contribution is 5.86. The minimum atomic E-state index is -0.187. The second-order valence-electron chi connectivity index (χ2n) is 10.2. The quantitative estimate of drug-likeness (QED) is 0.187. The van der Waals surface area contributed by atoms with Gasteiger partial charge in [-0.05, 0) is 43.5 Å². The Kier molecular flexibility index (Phi) is 8.68. The molecule has 4 heteroatoms. The number of para-hydroxylation sites is 1. The van der Waals surface area contributed by atoms with E-state index in [4.69, 9.17) is 4.98 Å². The van der Waals surface area contributed by atoms with Crippen LogP contribution < -0.4 is 0 Å². The van der Waals surface area contributed by atoms with E-state index in [1.54, 1.807) is 0 Å². The Morgan fingerprint density at radius 3 is 2.05 bits per heavy atom. The van der Waals surface area contributed by atoms with Crippen LogP contribution in [0, 0.1) is 6.92 Å². The molecule has 4 aromatic carbocycles. The van der Waals surface area contributed by atoms with Gasteiger partial charge in [0.2, 0.25) is 5.91 Å².